The fourth-order valence-corrected chi connectivity index (χ4v) is 4.75. The molecule has 0 radical (unpaired) electrons. The van der Waals surface area contributed by atoms with E-state index in [9.17, 15) is 18.0 Å². The number of rotatable bonds is 7. The quantitative estimate of drug-likeness (QED) is 0.492. The molecule has 2 N–H and O–H groups in total. The Labute approximate surface area is 196 Å². The molecule has 0 aromatic heterocycles. The van der Waals surface area contributed by atoms with Crippen LogP contribution in [0.25, 0.3) is 0 Å². The Kier molecular flexibility index (Phi) is 6.26. The van der Waals surface area contributed by atoms with E-state index in [1.807, 2.05) is 0 Å². The molecule has 3 aromatic rings. The van der Waals surface area contributed by atoms with Gasteiger partial charge in [-0.25, -0.2) is 13.3 Å². The van der Waals surface area contributed by atoms with Crippen molar-refractivity contribution in [2.45, 2.75) is 17.4 Å². The van der Waals surface area contributed by atoms with Gasteiger partial charge in [0.2, 0.25) is 5.91 Å². The number of carbonyl (C=O) groups is 2. The first kappa shape index (κ1) is 22.6. The highest BCUT2D eigenvalue weighted by atomic mass is 35.5. The lowest BCUT2D eigenvalue weighted by molar-refractivity contribution is -0.121. The van der Waals surface area contributed by atoms with Gasteiger partial charge < -0.3 is 10.1 Å². The van der Waals surface area contributed by atoms with Gasteiger partial charge in [0.1, 0.15) is 11.8 Å². The van der Waals surface area contributed by atoms with Crippen LogP contribution in [0, 0.1) is 0 Å². The minimum atomic E-state index is -3.86. The number of methoxy groups -OCH3 is 1. The Hall–Kier alpha value is -3.56. The maximum atomic E-state index is 12.8. The molecule has 170 valence electrons. The number of benzene rings is 3. The van der Waals surface area contributed by atoms with Crippen molar-refractivity contribution in [3.63, 3.8) is 0 Å². The molecule has 0 saturated carbocycles. The van der Waals surface area contributed by atoms with Crippen LogP contribution in [0.3, 0.4) is 0 Å². The van der Waals surface area contributed by atoms with Crippen molar-refractivity contribution in [3.8, 4) is 5.75 Å². The molecule has 10 heteroatoms. The Morgan fingerprint density at radius 1 is 1.00 bits per heavy atom. The summed E-state index contributed by atoms with van der Waals surface area (Å²) in [5.74, 6) is -0.357. The second kappa shape index (κ2) is 9.13. The highest BCUT2D eigenvalue weighted by Gasteiger charge is 2.39. The Morgan fingerprint density at radius 3 is 2.42 bits per heavy atom. The van der Waals surface area contributed by atoms with Crippen molar-refractivity contribution >= 4 is 50.5 Å². The molecule has 1 atom stereocenters. The van der Waals surface area contributed by atoms with Crippen molar-refractivity contribution in [1.29, 1.82) is 0 Å². The lowest BCUT2D eigenvalue weighted by atomic mass is 10.2. The van der Waals surface area contributed by atoms with Crippen LogP contribution >= 0.6 is 11.6 Å². The van der Waals surface area contributed by atoms with Crippen molar-refractivity contribution in [1.82, 2.24) is 0 Å². The van der Waals surface area contributed by atoms with Gasteiger partial charge in [-0.3, -0.25) is 14.3 Å². The smallest absolute Gasteiger partial charge is 0.262 e. The summed E-state index contributed by atoms with van der Waals surface area (Å²) in [5, 5.41) is 3.42. The molecule has 0 spiro atoms. The van der Waals surface area contributed by atoms with Crippen LogP contribution in [0.15, 0.2) is 77.7 Å². The molecule has 1 fully saturated rings. The third-order valence-electron chi connectivity index (χ3n) is 5.07. The molecule has 1 saturated heterocycles. The Balaban J connectivity index is 1.47. The maximum absolute atomic E-state index is 12.8. The molecule has 0 unspecified atom stereocenters. The minimum absolute atomic E-state index is 0.0270. The van der Waals surface area contributed by atoms with Crippen LogP contribution in [-0.2, 0) is 19.6 Å². The van der Waals surface area contributed by atoms with Crippen LogP contribution in [0.5, 0.6) is 5.75 Å². The topological polar surface area (TPSA) is 105 Å². The zero-order valence-electron chi connectivity index (χ0n) is 17.5. The highest BCUT2D eigenvalue weighted by Crippen LogP contribution is 2.29. The summed E-state index contributed by atoms with van der Waals surface area (Å²) >= 11 is 5.98. The van der Waals surface area contributed by atoms with Gasteiger partial charge >= 0.3 is 0 Å². The summed E-state index contributed by atoms with van der Waals surface area (Å²) in [6.45, 7) is 0. The van der Waals surface area contributed by atoms with Gasteiger partial charge in [-0.1, -0.05) is 29.8 Å². The van der Waals surface area contributed by atoms with Crippen molar-refractivity contribution in [2.75, 3.05) is 22.0 Å². The van der Waals surface area contributed by atoms with Gasteiger partial charge in [-0.2, -0.15) is 0 Å². The highest BCUT2D eigenvalue weighted by molar-refractivity contribution is 7.92. The van der Waals surface area contributed by atoms with E-state index >= 15 is 0 Å². The number of para-hydroxylation sites is 2. The van der Waals surface area contributed by atoms with Crippen LogP contribution in [0.2, 0.25) is 5.02 Å². The summed E-state index contributed by atoms with van der Waals surface area (Å²) in [5.41, 5.74) is 1.23. The molecule has 2 amide bonds. The number of sulfonamides is 1. The summed E-state index contributed by atoms with van der Waals surface area (Å²) in [6, 6.07) is 18.3. The van der Waals surface area contributed by atoms with Crippen LogP contribution in [-0.4, -0.2) is 33.4 Å². The summed E-state index contributed by atoms with van der Waals surface area (Å²) in [4.78, 5) is 26.4. The first-order chi connectivity index (χ1) is 15.8. The first-order valence-corrected chi connectivity index (χ1v) is 11.8. The molecule has 1 aliphatic heterocycles. The molecule has 33 heavy (non-hydrogen) atoms. The average Bonchev–Trinajstić information content (AvgIpc) is 3.07. The summed E-state index contributed by atoms with van der Waals surface area (Å²) in [6.07, 6.45) is -0.0270. The normalized spacial score (nSPS) is 16.1. The van der Waals surface area contributed by atoms with E-state index < -0.39 is 22.0 Å². The molecule has 8 nitrogen and oxygen atoms in total. The predicted octanol–water partition coefficient (Wildman–Crippen LogP) is 3.89. The van der Waals surface area contributed by atoms with Gasteiger partial charge in [-0.05, 0) is 54.6 Å². The van der Waals surface area contributed by atoms with Gasteiger partial charge in [0.05, 0.1) is 29.8 Å². The van der Waals surface area contributed by atoms with Crippen molar-refractivity contribution in [2.24, 2.45) is 0 Å². The number of hydrogen-bond acceptors (Lipinski definition) is 6. The number of imide groups is 1. The third kappa shape index (κ3) is 4.79. The fourth-order valence-electron chi connectivity index (χ4n) is 3.50. The molecule has 0 aliphatic carbocycles. The number of nitrogens with zero attached hydrogens (tertiary/aromatic N) is 1. The number of carbonyl (C=O) groups excluding carboxylic acids is 2. The van der Waals surface area contributed by atoms with Crippen LogP contribution in [0.4, 0.5) is 17.1 Å². The van der Waals surface area contributed by atoms with Crippen LogP contribution in [0.1, 0.15) is 6.42 Å². The zero-order chi connectivity index (χ0) is 23.6. The third-order valence-corrected chi connectivity index (χ3v) is 6.69. The second-order valence-electron chi connectivity index (χ2n) is 7.28. The van der Waals surface area contributed by atoms with E-state index in [-0.39, 0.29) is 17.2 Å². The molecule has 1 aliphatic rings. The SMILES string of the molecule is COc1ccccc1NS(=O)(=O)c1ccc(N[C@H]2CC(=O)N(c3cccc(Cl)c3)C2=O)cc1. The number of nitrogens with one attached hydrogen (secondary N) is 2. The van der Waals surface area contributed by atoms with Gasteiger partial charge in [0.15, 0.2) is 0 Å². The second-order valence-corrected chi connectivity index (χ2v) is 9.40. The van der Waals surface area contributed by atoms with Crippen molar-refractivity contribution in [3.05, 3.63) is 77.8 Å². The molecule has 0 bridgehead atoms. The van der Waals surface area contributed by atoms with E-state index in [1.165, 1.54) is 31.4 Å². The van der Waals surface area contributed by atoms with E-state index in [2.05, 4.69) is 10.0 Å². The number of amides is 2. The molecular weight excluding hydrogens is 466 g/mol. The lowest BCUT2D eigenvalue weighted by Gasteiger charge is -2.16. The molecule has 3 aromatic carbocycles. The van der Waals surface area contributed by atoms with E-state index in [0.717, 1.165) is 4.90 Å². The van der Waals surface area contributed by atoms with E-state index in [4.69, 9.17) is 16.3 Å². The fraction of sp³-hybridized carbons (Fsp3) is 0.130. The summed E-state index contributed by atoms with van der Waals surface area (Å²) in [7, 11) is -2.40. The number of hydrogen-bond donors (Lipinski definition) is 2. The van der Waals surface area contributed by atoms with E-state index in [0.29, 0.717) is 27.8 Å². The Bertz CT molecular complexity index is 1310. The monoisotopic (exact) mass is 485 g/mol. The lowest BCUT2D eigenvalue weighted by Crippen LogP contribution is -2.34. The number of anilines is 3. The van der Waals surface area contributed by atoms with Crippen molar-refractivity contribution < 1.29 is 22.7 Å². The molecule has 1 heterocycles. The number of ether oxygens (including phenoxy) is 1. The molecular formula is C23H20ClN3O5S. The summed E-state index contributed by atoms with van der Waals surface area (Å²) < 4.78 is 33.2. The average molecular weight is 486 g/mol. The number of halogens is 1. The van der Waals surface area contributed by atoms with E-state index in [1.54, 1.807) is 48.5 Å². The standard InChI is InChI=1S/C23H20ClN3O5S/c1-32-21-8-3-2-7-19(21)26-33(30,31)18-11-9-16(10-12-18)25-20-14-22(28)27(23(20)29)17-6-4-5-15(24)13-17/h2-13,20,25-26H,14H2,1H3/t20-/m0/s1. The molecule has 4 rings (SSSR count). The largest absolute Gasteiger partial charge is 0.495 e. The van der Waals surface area contributed by atoms with Gasteiger partial charge in [0.25, 0.3) is 15.9 Å². The van der Waals surface area contributed by atoms with Crippen LogP contribution < -0.4 is 19.7 Å². The van der Waals surface area contributed by atoms with Gasteiger partial charge in [0, 0.05) is 10.7 Å². The maximum Gasteiger partial charge on any atom is 0.262 e. The minimum Gasteiger partial charge on any atom is -0.495 e. The first-order valence-electron chi connectivity index (χ1n) is 9.93. The van der Waals surface area contributed by atoms with Gasteiger partial charge in [-0.15, -0.1) is 0 Å². The zero-order valence-corrected chi connectivity index (χ0v) is 19.1. The predicted molar refractivity (Wildman–Crippen MR) is 126 cm³/mol. The Morgan fingerprint density at radius 2 is 1.73 bits per heavy atom.